The third-order valence-corrected chi connectivity index (χ3v) is 3.07. The number of non-ortho nitro benzene ring substituents is 1. The summed E-state index contributed by atoms with van der Waals surface area (Å²) >= 11 is 0. The zero-order valence-corrected chi connectivity index (χ0v) is 11.5. The lowest BCUT2D eigenvalue weighted by Crippen LogP contribution is -2.08. The van der Waals surface area contributed by atoms with Crippen molar-refractivity contribution in [1.82, 2.24) is 0 Å². The van der Waals surface area contributed by atoms with E-state index in [0.29, 0.717) is 0 Å². The fraction of sp³-hybridized carbons (Fsp3) is 0.417. The summed E-state index contributed by atoms with van der Waals surface area (Å²) in [7, 11) is 0. The van der Waals surface area contributed by atoms with Gasteiger partial charge in [-0.15, -0.1) is 0 Å². The molecule has 1 atom stereocenters. The number of anilines is 1. The molecule has 0 heterocycles. The molecule has 1 aromatic carbocycles. The van der Waals surface area contributed by atoms with E-state index in [4.69, 9.17) is 0 Å². The van der Waals surface area contributed by atoms with Gasteiger partial charge < -0.3 is 0 Å². The lowest BCUT2D eigenvalue weighted by atomic mass is 10.1. The quantitative estimate of drug-likeness (QED) is 0.488. The van der Waals surface area contributed by atoms with Crippen LogP contribution in [0, 0.1) is 26.1 Å². The maximum Gasteiger partial charge on any atom is 0.301 e. The van der Waals surface area contributed by atoms with Gasteiger partial charge in [0.25, 0.3) is 5.69 Å². The largest absolute Gasteiger partial charge is 0.301 e. The highest BCUT2D eigenvalue weighted by atomic mass is 16.6. The summed E-state index contributed by atoms with van der Waals surface area (Å²) in [5, 5.41) is 25.6. The number of hydrazone groups is 1. The molecule has 0 fully saturated rings. The van der Waals surface area contributed by atoms with Crippen LogP contribution >= 0.6 is 0 Å². The molecule has 0 saturated heterocycles. The molecule has 0 unspecified atom stereocenters. The Balaban J connectivity index is 3.07. The third-order valence-electron chi connectivity index (χ3n) is 3.07. The minimum atomic E-state index is -0.677. The summed E-state index contributed by atoms with van der Waals surface area (Å²) in [6.07, 6.45) is 0.902. The maximum absolute atomic E-state index is 10.9. The van der Waals surface area contributed by atoms with Crippen LogP contribution in [0.2, 0.25) is 0 Å². The Labute approximate surface area is 115 Å². The van der Waals surface area contributed by atoms with Gasteiger partial charge in [0.05, 0.1) is 15.9 Å². The van der Waals surface area contributed by atoms with E-state index in [1.165, 1.54) is 12.1 Å². The van der Waals surface area contributed by atoms with Crippen LogP contribution in [-0.2, 0) is 0 Å². The summed E-state index contributed by atoms with van der Waals surface area (Å²) in [6.45, 7) is 5.82. The van der Waals surface area contributed by atoms with Gasteiger partial charge in [-0.25, -0.2) is 0 Å². The molecule has 20 heavy (non-hydrogen) atoms. The molecule has 0 radical (unpaired) electrons. The minimum Gasteiger partial charge on any atom is -0.272 e. The molecule has 0 aliphatic heterocycles. The van der Waals surface area contributed by atoms with Crippen molar-refractivity contribution in [1.29, 1.82) is 0 Å². The van der Waals surface area contributed by atoms with Crippen LogP contribution in [0.5, 0.6) is 0 Å². The second-order valence-electron chi connectivity index (χ2n) is 4.39. The molecule has 1 N–H and O–H groups in total. The highest BCUT2D eigenvalue weighted by Gasteiger charge is 2.19. The summed E-state index contributed by atoms with van der Waals surface area (Å²) in [5.74, 6) is 0.250. The van der Waals surface area contributed by atoms with Crippen LogP contribution in [0.15, 0.2) is 23.3 Å². The minimum absolute atomic E-state index is 0.128. The van der Waals surface area contributed by atoms with E-state index in [1.54, 1.807) is 0 Å². The van der Waals surface area contributed by atoms with Crippen molar-refractivity contribution < 1.29 is 9.85 Å². The van der Waals surface area contributed by atoms with Gasteiger partial charge in [-0.3, -0.25) is 25.7 Å². The zero-order chi connectivity index (χ0) is 15.3. The molecule has 8 nitrogen and oxygen atoms in total. The average molecular weight is 280 g/mol. The number of nitrogens with zero attached hydrogens (tertiary/aromatic N) is 3. The fourth-order valence-corrected chi connectivity index (χ4v) is 1.43. The summed E-state index contributed by atoms with van der Waals surface area (Å²) < 4.78 is 0. The molecule has 1 aromatic rings. The van der Waals surface area contributed by atoms with Crippen LogP contribution in [0.1, 0.15) is 27.2 Å². The summed E-state index contributed by atoms with van der Waals surface area (Å²) in [6, 6.07) is 3.39. The molecule has 0 aliphatic carbocycles. The molecule has 0 aliphatic rings. The predicted octanol–water partition coefficient (Wildman–Crippen LogP) is 3.34. The van der Waals surface area contributed by atoms with Crippen LogP contribution in [0.4, 0.5) is 17.1 Å². The zero-order valence-electron chi connectivity index (χ0n) is 11.5. The molecular formula is C12H16N4O4. The molecule has 1 rings (SSSR count). The molecule has 0 saturated carbocycles. The average Bonchev–Trinajstić information content (AvgIpc) is 2.43. The van der Waals surface area contributed by atoms with E-state index in [9.17, 15) is 20.2 Å². The molecule has 0 bridgehead atoms. The Hall–Kier alpha value is -2.51. The van der Waals surface area contributed by atoms with E-state index in [2.05, 4.69) is 10.5 Å². The monoisotopic (exact) mass is 280 g/mol. The summed E-state index contributed by atoms with van der Waals surface area (Å²) in [4.78, 5) is 20.2. The standard InChI is InChI=1S/C12H16N4O4/c1-4-8(2)9(3)13-14-11-6-5-10(15(17)18)7-12(11)16(19)20/h5-8,14H,4H2,1-3H3/b13-9-/t8-/m1/s1. The van der Waals surface area contributed by atoms with Crippen LogP contribution in [0.3, 0.4) is 0 Å². The van der Waals surface area contributed by atoms with Crippen molar-refractivity contribution in [3.8, 4) is 0 Å². The predicted molar refractivity (Wildman–Crippen MR) is 75.9 cm³/mol. The summed E-state index contributed by atoms with van der Waals surface area (Å²) in [5.41, 5.74) is 2.83. The van der Waals surface area contributed by atoms with Crippen molar-refractivity contribution in [3.05, 3.63) is 38.4 Å². The van der Waals surface area contributed by atoms with Crippen LogP contribution < -0.4 is 5.43 Å². The Morgan fingerprint density at radius 1 is 1.35 bits per heavy atom. The second-order valence-corrected chi connectivity index (χ2v) is 4.39. The number of benzene rings is 1. The smallest absolute Gasteiger partial charge is 0.272 e. The van der Waals surface area contributed by atoms with Crippen LogP contribution in [-0.4, -0.2) is 15.6 Å². The van der Waals surface area contributed by atoms with Gasteiger partial charge in [0, 0.05) is 11.8 Å². The molecule has 0 spiro atoms. The number of rotatable bonds is 6. The van der Waals surface area contributed by atoms with E-state index in [1.807, 2.05) is 20.8 Å². The second kappa shape index (κ2) is 6.60. The third kappa shape index (κ3) is 3.74. The molecule has 0 amide bonds. The SMILES string of the molecule is CC[C@@H](C)/C(C)=N\Nc1ccc([N+](=O)[O-])cc1[N+](=O)[O-]. The topological polar surface area (TPSA) is 111 Å². The van der Waals surface area contributed by atoms with Crippen molar-refractivity contribution in [2.45, 2.75) is 27.2 Å². The van der Waals surface area contributed by atoms with Crippen molar-refractivity contribution in [3.63, 3.8) is 0 Å². The highest BCUT2D eigenvalue weighted by Crippen LogP contribution is 2.29. The van der Waals surface area contributed by atoms with Crippen LogP contribution in [0.25, 0.3) is 0 Å². The first-order chi connectivity index (χ1) is 9.36. The molecular weight excluding hydrogens is 264 g/mol. The Kier molecular flexibility index (Phi) is 5.13. The first-order valence-corrected chi connectivity index (χ1v) is 6.09. The number of hydrogen-bond acceptors (Lipinski definition) is 6. The van der Waals surface area contributed by atoms with E-state index in [-0.39, 0.29) is 23.0 Å². The van der Waals surface area contributed by atoms with Gasteiger partial charge in [0.1, 0.15) is 5.69 Å². The number of nitrogens with one attached hydrogen (secondary N) is 1. The van der Waals surface area contributed by atoms with Gasteiger partial charge in [-0.1, -0.05) is 13.8 Å². The number of nitro benzene ring substituents is 2. The van der Waals surface area contributed by atoms with Gasteiger partial charge in [0.2, 0.25) is 0 Å². The van der Waals surface area contributed by atoms with E-state index >= 15 is 0 Å². The van der Waals surface area contributed by atoms with Gasteiger partial charge in [-0.05, 0) is 25.3 Å². The number of nitro groups is 2. The highest BCUT2D eigenvalue weighted by molar-refractivity contribution is 5.85. The Morgan fingerprint density at radius 3 is 2.50 bits per heavy atom. The first kappa shape index (κ1) is 15.5. The number of hydrogen-bond donors (Lipinski definition) is 1. The van der Waals surface area contributed by atoms with Gasteiger partial charge in [0.15, 0.2) is 0 Å². The lowest BCUT2D eigenvalue weighted by Gasteiger charge is -2.08. The van der Waals surface area contributed by atoms with Gasteiger partial charge in [-0.2, -0.15) is 5.10 Å². The van der Waals surface area contributed by atoms with Crippen molar-refractivity contribution in [2.75, 3.05) is 5.43 Å². The van der Waals surface area contributed by atoms with Gasteiger partial charge >= 0.3 is 5.69 Å². The van der Waals surface area contributed by atoms with Crippen molar-refractivity contribution >= 4 is 22.8 Å². The van der Waals surface area contributed by atoms with E-state index in [0.717, 1.165) is 18.2 Å². The fourth-order valence-electron chi connectivity index (χ4n) is 1.43. The normalized spacial score (nSPS) is 12.8. The van der Waals surface area contributed by atoms with Crippen molar-refractivity contribution in [2.24, 2.45) is 11.0 Å². The van der Waals surface area contributed by atoms with E-state index < -0.39 is 9.85 Å². The Morgan fingerprint density at radius 2 is 2.00 bits per heavy atom. The maximum atomic E-state index is 10.9. The first-order valence-electron chi connectivity index (χ1n) is 6.09. The molecule has 8 heteroatoms. The Bertz CT molecular complexity index is 556. The molecule has 0 aromatic heterocycles. The molecule has 108 valence electrons. The lowest BCUT2D eigenvalue weighted by molar-refractivity contribution is -0.393.